The number of nitriles is 1. The number of benzene rings is 1. The van der Waals surface area contributed by atoms with Gasteiger partial charge in [-0.05, 0) is 18.2 Å². The van der Waals surface area contributed by atoms with Crippen molar-refractivity contribution in [3.8, 4) is 6.07 Å². The molecule has 1 N–H and O–H groups in total. The lowest BCUT2D eigenvalue weighted by molar-refractivity contribution is 0.0832. The summed E-state index contributed by atoms with van der Waals surface area (Å²) < 4.78 is 1.56. The molecular weight excluding hydrogens is 192 g/mol. The van der Waals surface area contributed by atoms with E-state index in [1.807, 2.05) is 12.1 Å². The predicted molar refractivity (Wildman–Crippen MR) is 55.2 cm³/mol. The highest BCUT2D eigenvalue weighted by Crippen LogP contribution is 2.16. The normalized spacial score (nSPS) is 10.1. The molecule has 1 heterocycles. The minimum Gasteiger partial charge on any atom is -0.411 e. The first-order chi connectivity index (χ1) is 7.35. The average Bonchev–Trinajstić information content (AvgIpc) is 2.68. The molecule has 0 saturated carbocycles. The molecule has 0 aliphatic carbocycles. The Kier molecular flexibility index (Phi) is 2.57. The number of aliphatic hydroxyl groups is 1. The lowest BCUT2D eigenvalue weighted by Gasteiger charge is -2.06. The number of aliphatic hydroxyl groups excluding tert-OH is 1. The van der Waals surface area contributed by atoms with Crippen molar-refractivity contribution in [2.45, 2.75) is 0 Å². The minimum atomic E-state index is -0.0301. The van der Waals surface area contributed by atoms with Crippen LogP contribution in [0.3, 0.4) is 0 Å². The Morgan fingerprint density at radius 1 is 1.40 bits per heavy atom. The third-order valence-corrected chi connectivity index (χ3v) is 2.11. The molecule has 0 aliphatic rings. The van der Waals surface area contributed by atoms with Gasteiger partial charge in [-0.1, -0.05) is 6.07 Å². The number of fused-ring (bicyclic) bond motifs is 1. The minimum absolute atomic E-state index is 0.0301. The maximum absolute atomic E-state index is 8.76. The van der Waals surface area contributed by atoms with Crippen molar-refractivity contribution in [1.82, 2.24) is 4.73 Å². The van der Waals surface area contributed by atoms with Crippen LogP contribution in [0.5, 0.6) is 0 Å². The van der Waals surface area contributed by atoms with Crippen molar-refractivity contribution in [1.29, 1.82) is 5.26 Å². The van der Waals surface area contributed by atoms with Gasteiger partial charge >= 0.3 is 0 Å². The van der Waals surface area contributed by atoms with Crippen molar-refractivity contribution in [2.75, 3.05) is 13.2 Å². The molecule has 0 saturated heterocycles. The Labute approximate surface area is 86.9 Å². The van der Waals surface area contributed by atoms with Gasteiger partial charge in [-0.15, -0.1) is 0 Å². The van der Waals surface area contributed by atoms with Gasteiger partial charge in [0.1, 0.15) is 6.61 Å². The molecule has 0 fully saturated rings. The molecule has 0 atom stereocenters. The Bertz CT molecular complexity index is 511. The van der Waals surface area contributed by atoms with Crippen LogP contribution in [0.2, 0.25) is 0 Å². The number of hydrogen-bond acceptors (Lipinski definition) is 3. The fourth-order valence-corrected chi connectivity index (χ4v) is 1.43. The summed E-state index contributed by atoms with van der Waals surface area (Å²) in [6, 6.07) is 9.36. The van der Waals surface area contributed by atoms with E-state index in [1.165, 1.54) is 0 Å². The highest BCUT2D eigenvalue weighted by atomic mass is 16.7. The van der Waals surface area contributed by atoms with E-state index in [-0.39, 0.29) is 13.2 Å². The monoisotopic (exact) mass is 202 g/mol. The van der Waals surface area contributed by atoms with E-state index in [1.54, 1.807) is 23.1 Å². The van der Waals surface area contributed by atoms with Crippen LogP contribution in [0.15, 0.2) is 30.5 Å². The van der Waals surface area contributed by atoms with Crippen molar-refractivity contribution < 1.29 is 9.94 Å². The van der Waals surface area contributed by atoms with Gasteiger partial charge in [-0.2, -0.15) is 9.99 Å². The largest absolute Gasteiger partial charge is 0.411 e. The van der Waals surface area contributed by atoms with Crippen LogP contribution in [-0.4, -0.2) is 23.1 Å². The first-order valence-electron chi connectivity index (χ1n) is 4.60. The van der Waals surface area contributed by atoms with Crippen LogP contribution in [-0.2, 0) is 0 Å². The Morgan fingerprint density at radius 3 is 3.00 bits per heavy atom. The molecule has 1 aromatic carbocycles. The van der Waals surface area contributed by atoms with E-state index in [4.69, 9.17) is 15.2 Å². The number of rotatable bonds is 3. The summed E-state index contributed by atoms with van der Waals surface area (Å²) in [6.07, 6.45) is 1.77. The summed E-state index contributed by atoms with van der Waals surface area (Å²) in [5, 5.41) is 18.4. The summed E-state index contributed by atoms with van der Waals surface area (Å²) in [6.45, 7) is 0.207. The second kappa shape index (κ2) is 4.03. The first kappa shape index (κ1) is 9.56. The highest BCUT2D eigenvalue weighted by Gasteiger charge is 2.02. The standard InChI is InChI=1S/C11H10N2O2/c12-8-9-1-2-10-3-4-13(11(10)7-9)15-6-5-14/h1-4,7,14H,5-6H2. The van der Waals surface area contributed by atoms with Gasteiger partial charge in [-0.25, -0.2) is 0 Å². The number of nitrogens with zero attached hydrogens (tertiary/aromatic N) is 2. The van der Waals surface area contributed by atoms with Crippen molar-refractivity contribution in [3.63, 3.8) is 0 Å². The van der Waals surface area contributed by atoms with E-state index in [0.717, 1.165) is 10.9 Å². The van der Waals surface area contributed by atoms with Crippen LogP contribution in [0.4, 0.5) is 0 Å². The second-order valence-electron chi connectivity index (χ2n) is 3.08. The van der Waals surface area contributed by atoms with Crippen LogP contribution >= 0.6 is 0 Å². The quantitative estimate of drug-likeness (QED) is 0.805. The van der Waals surface area contributed by atoms with Crippen molar-refractivity contribution in [2.24, 2.45) is 0 Å². The van der Waals surface area contributed by atoms with Crippen molar-refractivity contribution >= 4 is 10.9 Å². The molecule has 0 unspecified atom stereocenters. The zero-order chi connectivity index (χ0) is 10.7. The average molecular weight is 202 g/mol. The maximum Gasteiger partial charge on any atom is 0.138 e. The van der Waals surface area contributed by atoms with Crippen LogP contribution in [0.25, 0.3) is 10.9 Å². The predicted octanol–water partition coefficient (Wildman–Crippen LogP) is 0.934. The molecular formula is C11H10N2O2. The van der Waals surface area contributed by atoms with Gasteiger partial charge in [0.05, 0.1) is 23.8 Å². The lowest BCUT2D eigenvalue weighted by atomic mass is 10.2. The fourth-order valence-electron chi connectivity index (χ4n) is 1.43. The Balaban J connectivity index is 2.43. The summed E-state index contributed by atoms with van der Waals surface area (Å²) in [7, 11) is 0. The van der Waals surface area contributed by atoms with Gasteiger partial charge < -0.3 is 9.94 Å². The van der Waals surface area contributed by atoms with Gasteiger partial charge in [-0.3, -0.25) is 0 Å². The Hall–Kier alpha value is -1.99. The molecule has 4 nitrogen and oxygen atoms in total. The molecule has 15 heavy (non-hydrogen) atoms. The molecule has 2 aromatic rings. The molecule has 0 bridgehead atoms. The third-order valence-electron chi connectivity index (χ3n) is 2.11. The third kappa shape index (κ3) is 1.78. The highest BCUT2D eigenvalue weighted by molar-refractivity contribution is 5.81. The van der Waals surface area contributed by atoms with Crippen LogP contribution in [0.1, 0.15) is 5.56 Å². The van der Waals surface area contributed by atoms with Gasteiger partial charge in [0.2, 0.25) is 0 Å². The van der Waals surface area contributed by atoms with E-state index in [9.17, 15) is 0 Å². The van der Waals surface area contributed by atoms with E-state index >= 15 is 0 Å². The molecule has 0 amide bonds. The molecule has 76 valence electrons. The lowest BCUT2D eigenvalue weighted by Crippen LogP contribution is -2.13. The van der Waals surface area contributed by atoms with Crippen LogP contribution in [0, 0.1) is 11.3 Å². The van der Waals surface area contributed by atoms with E-state index < -0.39 is 0 Å². The summed E-state index contributed by atoms with van der Waals surface area (Å²) in [5.41, 5.74) is 1.43. The zero-order valence-electron chi connectivity index (χ0n) is 8.05. The SMILES string of the molecule is N#Cc1ccc2ccn(OCCO)c2c1. The summed E-state index contributed by atoms with van der Waals surface area (Å²) in [4.78, 5) is 5.27. The summed E-state index contributed by atoms with van der Waals surface area (Å²) in [5.74, 6) is 0. The van der Waals surface area contributed by atoms with E-state index in [0.29, 0.717) is 5.56 Å². The van der Waals surface area contributed by atoms with E-state index in [2.05, 4.69) is 6.07 Å². The molecule has 2 rings (SSSR count). The zero-order valence-corrected chi connectivity index (χ0v) is 8.05. The molecule has 4 heteroatoms. The van der Waals surface area contributed by atoms with Crippen molar-refractivity contribution in [3.05, 3.63) is 36.0 Å². The fraction of sp³-hybridized carbons (Fsp3) is 0.182. The number of hydrogen-bond donors (Lipinski definition) is 1. The van der Waals surface area contributed by atoms with Gasteiger partial charge in [0.15, 0.2) is 0 Å². The second-order valence-corrected chi connectivity index (χ2v) is 3.08. The van der Waals surface area contributed by atoms with Gasteiger partial charge in [0, 0.05) is 11.6 Å². The first-order valence-corrected chi connectivity index (χ1v) is 4.60. The molecule has 0 aliphatic heterocycles. The van der Waals surface area contributed by atoms with Gasteiger partial charge in [0.25, 0.3) is 0 Å². The van der Waals surface area contributed by atoms with Crippen LogP contribution < -0.4 is 4.84 Å². The molecule has 0 spiro atoms. The summed E-state index contributed by atoms with van der Waals surface area (Å²) >= 11 is 0. The Morgan fingerprint density at radius 2 is 2.27 bits per heavy atom. The smallest absolute Gasteiger partial charge is 0.138 e. The molecule has 1 aromatic heterocycles. The molecule has 0 radical (unpaired) electrons. The topological polar surface area (TPSA) is 58.2 Å². The maximum atomic E-state index is 8.76. The number of aromatic nitrogens is 1.